The number of rotatable bonds is 4. The molecule has 2 aromatic rings. The second-order valence-corrected chi connectivity index (χ2v) is 8.14. The molecule has 0 saturated carbocycles. The van der Waals surface area contributed by atoms with Gasteiger partial charge in [-0.15, -0.1) is 0 Å². The lowest BCUT2D eigenvalue weighted by molar-refractivity contribution is -0.140. The van der Waals surface area contributed by atoms with Gasteiger partial charge in [0.05, 0.1) is 19.3 Å². The summed E-state index contributed by atoms with van der Waals surface area (Å²) in [6.45, 7) is 8.92. The Balaban J connectivity index is 1.44. The fourth-order valence-corrected chi connectivity index (χ4v) is 4.47. The lowest BCUT2D eigenvalue weighted by Gasteiger charge is -2.32. The third kappa shape index (κ3) is 4.29. The van der Waals surface area contributed by atoms with Gasteiger partial charge in [-0.25, -0.2) is 0 Å². The van der Waals surface area contributed by atoms with Gasteiger partial charge in [-0.1, -0.05) is 53.6 Å². The molecule has 4 nitrogen and oxygen atoms in total. The number of hydrogen-bond acceptors (Lipinski definition) is 3. The minimum Gasteiger partial charge on any atom is -0.378 e. The number of morpholine rings is 1. The van der Waals surface area contributed by atoms with Crippen molar-refractivity contribution in [2.24, 2.45) is 0 Å². The molecule has 4 rings (SSSR count). The molecule has 28 heavy (non-hydrogen) atoms. The second-order valence-electron chi connectivity index (χ2n) is 8.14. The van der Waals surface area contributed by atoms with Crippen LogP contribution in [0.2, 0.25) is 0 Å². The van der Waals surface area contributed by atoms with Gasteiger partial charge in [-0.05, 0) is 49.9 Å². The fourth-order valence-electron chi connectivity index (χ4n) is 4.47. The van der Waals surface area contributed by atoms with Crippen molar-refractivity contribution in [1.82, 2.24) is 9.80 Å². The van der Waals surface area contributed by atoms with E-state index >= 15 is 0 Å². The van der Waals surface area contributed by atoms with Crippen LogP contribution in [0, 0.1) is 13.8 Å². The highest BCUT2D eigenvalue weighted by Gasteiger charge is 2.34. The van der Waals surface area contributed by atoms with Crippen LogP contribution in [0.1, 0.15) is 29.5 Å². The maximum Gasteiger partial charge on any atom is 0.240 e. The molecule has 2 fully saturated rings. The Hall–Kier alpha value is -2.17. The van der Waals surface area contributed by atoms with Crippen molar-refractivity contribution in [3.05, 3.63) is 59.2 Å². The summed E-state index contributed by atoms with van der Waals surface area (Å²) in [7, 11) is 0. The van der Waals surface area contributed by atoms with Crippen LogP contribution < -0.4 is 0 Å². The van der Waals surface area contributed by atoms with E-state index in [9.17, 15) is 4.79 Å². The summed E-state index contributed by atoms with van der Waals surface area (Å²) >= 11 is 0. The summed E-state index contributed by atoms with van der Waals surface area (Å²) in [5.41, 5.74) is 6.37. The van der Waals surface area contributed by atoms with Crippen LogP contribution in [0.5, 0.6) is 0 Å². The molecule has 1 amide bonds. The van der Waals surface area contributed by atoms with Gasteiger partial charge in [-0.2, -0.15) is 0 Å². The van der Waals surface area contributed by atoms with Gasteiger partial charge in [0.25, 0.3) is 0 Å². The molecule has 2 aliphatic heterocycles. The predicted molar refractivity (Wildman–Crippen MR) is 112 cm³/mol. The van der Waals surface area contributed by atoms with Crippen LogP contribution >= 0.6 is 0 Å². The molecule has 0 aliphatic carbocycles. The number of aryl methyl sites for hydroxylation is 2. The number of amides is 1. The minimum atomic E-state index is 0.0252. The second kappa shape index (κ2) is 8.46. The number of nitrogens with zero attached hydrogens (tertiary/aromatic N) is 2. The molecule has 4 heteroatoms. The summed E-state index contributed by atoms with van der Waals surface area (Å²) in [6, 6.07) is 15.5. The molecule has 2 aromatic carbocycles. The quantitative estimate of drug-likeness (QED) is 0.811. The van der Waals surface area contributed by atoms with Crippen molar-refractivity contribution in [3.8, 4) is 11.1 Å². The Labute approximate surface area is 168 Å². The van der Waals surface area contributed by atoms with Gasteiger partial charge >= 0.3 is 0 Å². The predicted octanol–water partition coefficient (Wildman–Crippen LogP) is 3.79. The Kier molecular flexibility index (Phi) is 5.79. The zero-order valence-electron chi connectivity index (χ0n) is 17.0. The number of ether oxygens (including phenoxy) is 1. The van der Waals surface area contributed by atoms with E-state index in [1.54, 1.807) is 0 Å². The Morgan fingerprint density at radius 3 is 2.32 bits per heavy atom. The molecular formula is C24H30N2O2. The van der Waals surface area contributed by atoms with Crippen LogP contribution in [-0.4, -0.2) is 54.6 Å². The standard InChI is InChI=1S/C24H30N2O2/c1-18-14-19(2)16-22(15-18)21-7-5-20(6-8-21)17-26-9-3-4-23(26)24(27)25-10-12-28-13-11-25/h5-8,14-16,23H,3-4,9-13,17H2,1-2H3. The summed E-state index contributed by atoms with van der Waals surface area (Å²) in [5, 5.41) is 0. The maximum absolute atomic E-state index is 12.9. The molecule has 0 spiro atoms. The van der Waals surface area contributed by atoms with Gasteiger partial charge in [0.1, 0.15) is 0 Å². The number of carbonyl (C=O) groups excluding carboxylic acids is 1. The average Bonchev–Trinajstić information content (AvgIpc) is 3.16. The summed E-state index contributed by atoms with van der Waals surface area (Å²) in [5.74, 6) is 0.285. The lowest BCUT2D eigenvalue weighted by atomic mass is 9.99. The van der Waals surface area contributed by atoms with Crippen molar-refractivity contribution in [2.45, 2.75) is 39.3 Å². The molecule has 1 atom stereocenters. The number of benzene rings is 2. The molecule has 2 saturated heterocycles. The van der Waals surface area contributed by atoms with Crippen molar-refractivity contribution in [2.75, 3.05) is 32.8 Å². The van der Waals surface area contributed by atoms with Crippen molar-refractivity contribution < 1.29 is 9.53 Å². The van der Waals surface area contributed by atoms with Gasteiger partial charge in [0, 0.05) is 19.6 Å². The Morgan fingerprint density at radius 2 is 1.64 bits per heavy atom. The molecule has 1 unspecified atom stereocenters. The molecule has 2 heterocycles. The molecule has 0 N–H and O–H groups in total. The Morgan fingerprint density at radius 1 is 0.964 bits per heavy atom. The van der Waals surface area contributed by atoms with Crippen LogP contribution in [-0.2, 0) is 16.1 Å². The highest BCUT2D eigenvalue weighted by molar-refractivity contribution is 5.82. The summed E-state index contributed by atoms with van der Waals surface area (Å²) < 4.78 is 5.39. The minimum absolute atomic E-state index is 0.0252. The summed E-state index contributed by atoms with van der Waals surface area (Å²) in [4.78, 5) is 17.3. The van der Waals surface area contributed by atoms with E-state index in [0.29, 0.717) is 13.2 Å². The first-order chi connectivity index (χ1) is 13.6. The monoisotopic (exact) mass is 378 g/mol. The van der Waals surface area contributed by atoms with E-state index in [1.807, 2.05) is 4.90 Å². The zero-order valence-corrected chi connectivity index (χ0v) is 17.0. The number of carbonyl (C=O) groups is 1. The lowest BCUT2D eigenvalue weighted by Crippen LogP contribution is -2.49. The smallest absolute Gasteiger partial charge is 0.240 e. The maximum atomic E-state index is 12.9. The molecular weight excluding hydrogens is 348 g/mol. The van der Waals surface area contributed by atoms with Gasteiger partial charge in [0.2, 0.25) is 5.91 Å². The number of likely N-dealkylation sites (tertiary alicyclic amines) is 1. The first-order valence-corrected chi connectivity index (χ1v) is 10.4. The van der Waals surface area contributed by atoms with E-state index in [-0.39, 0.29) is 11.9 Å². The van der Waals surface area contributed by atoms with Gasteiger partial charge in [-0.3, -0.25) is 9.69 Å². The van der Waals surface area contributed by atoms with Crippen molar-refractivity contribution in [1.29, 1.82) is 0 Å². The van der Waals surface area contributed by atoms with Crippen molar-refractivity contribution >= 4 is 5.91 Å². The first-order valence-electron chi connectivity index (χ1n) is 10.4. The van der Waals surface area contributed by atoms with Crippen LogP contribution in [0.15, 0.2) is 42.5 Å². The van der Waals surface area contributed by atoms with E-state index in [4.69, 9.17) is 4.74 Å². The molecule has 148 valence electrons. The molecule has 0 aromatic heterocycles. The SMILES string of the molecule is Cc1cc(C)cc(-c2ccc(CN3CCCC3C(=O)N3CCOCC3)cc2)c1. The third-order valence-electron chi connectivity index (χ3n) is 5.87. The van der Waals surface area contributed by atoms with E-state index in [2.05, 4.69) is 61.2 Å². The highest BCUT2D eigenvalue weighted by Crippen LogP contribution is 2.25. The molecule has 2 aliphatic rings. The normalized spacial score (nSPS) is 20.5. The third-order valence-corrected chi connectivity index (χ3v) is 5.87. The van der Waals surface area contributed by atoms with E-state index in [1.165, 1.54) is 27.8 Å². The van der Waals surface area contributed by atoms with E-state index in [0.717, 1.165) is 39.0 Å². The number of hydrogen-bond donors (Lipinski definition) is 0. The van der Waals surface area contributed by atoms with Gasteiger partial charge < -0.3 is 9.64 Å². The first kappa shape index (κ1) is 19.2. The van der Waals surface area contributed by atoms with E-state index < -0.39 is 0 Å². The topological polar surface area (TPSA) is 32.8 Å². The van der Waals surface area contributed by atoms with Crippen LogP contribution in [0.25, 0.3) is 11.1 Å². The fraction of sp³-hybridized carbons (Fsp3) is 0.458. The summed E-state index contributed by atoms with van der Waals surface area (Å²) in [6.07, 6.45) is 2.07. The van der Waals surface area contributed by atoms with Gasteiger partial charge in [0.15, 0.2) is 0 Å². The zero-order chi connectivity index (χ0) is 19.5. The largest absolute Gasteiger partial charge is 0.378 e. The average molecular weight is 379 g/mol. The Bertz CT molecular complexity index is 805. The molecule has 0 bridgehead atoms. The van der Waals surface area contributed by atoms with Crippen LogP contribution in [0.4, 0.5) is 0 Å². The van der Waals surface area contributed by atoms with Crippen LogP contribution in [0.3, 0.4) is 0 Å². The van der Waals surface area contributed by atoms with Crippen molar-refractivity contribution in [3.63, 3.8) is 0 Å². The molecule has 0 radical (unpaired) electrons. The highest BCUT2D eigenvalue weighted by atomic mass is 16.5.